The molecule has 0 spiro atoms. The van der Waals surface area contributed by atoms with E-state index >= 15 is 0 Å². The van der Waals surface area contributed by atoms with Crippen LogP contribution < -0.4 is 20.1 Å². The van der Waals surface area contributed by atoms with Gasteiger partial charge < -0.3 is 20.1 Å². The van der Waals surface area contributed by atoms with Gasteiger partial charge in [-0.2, -0.15) is 0 Å². The van der Waals surface area contributed by atoms with Crippen molar-refractivity contribution >= 4 is 55.9 Å². The van der Waals surface area contributed by atoms with Crippen LogP contribution in [0.2, 0.25) is 0 Å². The zero-order valence-corrected chi connectivity index (χ0v) is 26.4. The zero-order valence-electron chi connectivity index (χ0n) is 26.4. The Kier molecular flexibility index (Phi) is 8.58. The molecule has 0 bridgehead atoms. The summed E-state index contributed by atoms with van der Waals surface area (Å²) >= 11 is 0. The molecule has 2 heterocycles. The molecule has 11 nitrogen and oxygen atoms in total. The van der Waals surface area contributed by atoms with Gasteiger partial charge >= 0.3 is 0 Å². The van der Waals surface area contributed by atoms with Crippen molar-refractivity contribution in [2.45, 2.75) is 39.0 Å². The van der Waals surface area contributed by atoms with Gasteiger partial charge in [0.2, 0.25) is 0 Å². The summed E-state index contributed by atoms with van der Waals surface area (Å²) in [5.41, 5.74) is 5.78. The molecule has 0 radical (unpaired) electrons. The molecule has 0 aliphatic carbocycles. The molecule has 2 N–H and O–H groups in total. The number of ether oxygens (including phenoxy) is 2. The van der Waals surface area contributed by atoms with Gasteiger partial charge in [-0.15, -0.1) is 0 Å². The number of carbonyl (C=O) groups excluding carboxylic acids is 2. The fourth-order valence-corrected chi connectivity index (χ4v) is 5.63. The highest BCUT2D eigenvalue weighted by molar-refractivity contribution is 6.07. The van der Waals surface area contributed by atoms with Crippen molar-refractivity contribution in [2.24, 2.45) is 0 Å². The van der Waals surface area contributed by atoms with Crippen molar-refractivity contribution in [1.82, 2.24) is 35.5 Å². The Hall–Kier alpha value is -5.42. The molecule has 0 fully saturated rings. The number of para-hydroxylation sites is 2. The van der Waals surface area contributed by atoms with E-state index in [1.54, 1.807) is 38.5 Å². The lowest BCUT2D eigenvalue weighted by Crippen LogP contribution is -2.55. The standard InChI is InChI=1S/C35H35N7O4/c1-6-30(40-34(43)22-10-8-12-26-32(22)38-24-16-14-20(45-4)18-28(24)36-26)42(3)31(7-2)41-35(44)23-11-9-13-27-33(23)39-25-17-15-21(46-5)19-29(25)37-27/h8-19,30-31H,6-7H2,1-5H3,(H,40,43)(H,41,44). The molecule has 6 aromatic rings. The van der Waals surface area contributed by atoms with Gasteiger partial charge in [0.05, 0.1) is 70.8 Å². The van der Waals surface area contributed by atoms with Gasteiger partial charge in [0.15, 0.2) is 0 Å². The Balaban J connectivity index is 1.23. The summed E-state index contributed by atoms with van der Waals surface area (Å²) in [6.07, 6.45) is 0.445. The molecule has 0 saturated heterocycles. The van der Waals surface area contributed by atoms with Crippen molar-refractivity contribution in [3.63, 3.8) is 0 Å². The molecule has 0 saturated carbocycles. The van der Waals surface area contributed by atoms with Crippen LogP contribution in [-0.2, 0) is 0 Å². The number of carbonyl (C=O) groups is 2. The zero-order chi connectivity index (χ0) is 32.4. The Morgan fingerprint density at radius 2 is 1.07 bits per heavy atom. The van der Waals surface area contributed by atoms with Gasteiger partial charge in [0, 0.05) is 12.1 Å². The summed E-state index contributed by atoms with van der Waals surface area (Å²) < 4.78 is 10.6. The van der Waals surface area contributed by atoms with Crippen LogP contribution in [0.4, 0.5) is 0 Å². The monoisotopic (exact) mass is 617 g/mol. The van der Waals surface area contributed by atoms with Crippen LogP contribution >= 0.6 is 0 Å². The van der Waals surface area contributed by atoms with Crippen molar-refractivity contribution in [3.05, 3.63) is 83.9 Å². The lowest BCUT2D eigenvalue weighted by Gasteiger charge is -2.35. The van der Waals surface area contributed by atoms with E-state index in [1.165, 1.54) is 0 Å². The van der Waals surface area contributed by atoms with E-state index in [4.69, 9.17) is 29.4 Å². The average Bonchev–Trinajstić information content (AvgIpc) is 3.09. The number of rotatable bonds is 10. The first kappa shape index (κ1) is 30.6. The highest BCUT2D eigenvalue weighted by atomic mass is 16.5. The minimum absolute atomic E-state index is 0.277. The molecule has 11 heteroatoms. The van der Waals surface area contributed by atoms with Gasteiger partial charge in [-0.3, -0.25) is 14.5 Å². The van der Waals surface area contributed by atoms with E-state index in [2.05, 4.69) is 10.6 Å². The predicted molar refractivity (Wildman–Crippen MR) is 178 cm³/mol. The van der Waals surface area contributed by atoms with E-state index in [-0.39, 0.29) is 24.1 Å². The molecule has 2 amide bonds. The molecule has 234 valence electrons. The maximum absolute atomic E-state index is 13.7. The topological polar surface area (TPSA) is 131 Å². The number of amides is 2. The quantitative estimate of drug-likeness (QED) is 0.152. The van der Waals surface area contributed by atoms with Gasteiger partial charge in [0.1, 0.15) is 22.5 Å². The Morgan fingerprint density at radius 3 is 1.46 bits per heavy atom. The summed E-state index contributed by atoms with van der Waals surface area (Å²) in [4.78, 5) is 48.3. The molecule has 0 aliphatic rings. The maximum atomic E-state index is 13.7. The number of nitrogens with zero attached hydrogens (tertiary/aromatic N) is 5. The average molecular weight is 618 g/mol. The third-order valence-corrected chi connectivity index (χ3v) is 8.18. The van der Waals surface area contributed by atoms with Crippen LogP contribution in [0.3, 0.4) is 0 Å². The molecule has 2 unspecified atom stereocenters. The number of hydrogen-bond donors (Lipinski definition) is 2. The maximum Gasteiger partial charge on any atom is 0.254 e. The Bertz CT molecular complexity index is 1950. The SMILES string of the molecule is CCC(NC(=O)c1cccc2nc3cc(OC)ccc3nc12)N(C)C(CC)NC(=O)c1cccc2nc3cc(OC)ccc3nc12. The van der Waals surface area contributed by atoms with Crippen LogP contribution in [0, 0.1) is 0 Å². The molecule has 2 atom stereocenters. The summed E-state index contributed by atoms with van der Waals surface area (Å²) in [6.45, 7) is 3.97. The van der Waals surface area contributed by atoms with Crippen LogP contribution in [0.1, 0.15) is 47.4 Å². The number of nitrogens with one attached hydrogen (secondary N) is 2. The molecular weight excluding hydrogens is 582 g/mol. The summed E-state index contributed by atoms with van der Waals surface area (Å²) in [7, 11) is 5.09. The Morgan fingerprint density at radius 1 is 0.630 bits per heavy atom. The summed E-state index contributed by atoms with van der Waals surface area (Å²) in [6, 6.07) is 21.7. The first-order chi connectivity index (χ1) is 22.3. The second kappa shape index (κ2) is 12.9. The van der Waals surface area contributed by atoms with E-state index in [1.807, 2.05) is 74.3 Å². The number of aromatic nitrogens is 4. The first-order valence-electron chi connectivity index (χ1n) is 15.2. The molecule has 0 aliphatic heterocycles. The fourth-order valence-electron chi connectivity index (χ4n) is 5.63. The second-order valence-electron chi connectivity index (χ2n) is 11.0. The normalized spacial score (nSPS) is 12.8. The van der Waals surface area contributed by atoms with Crippen LogP contribution in [0.25, 0.3) is 44.1 Å². The van der Waals surface area contributed by atoms with E-state index in [9.17, 15) is 9.59 Å². The van der Waals surface area contributed by atoms with E-state index < -0.39 is 0 Å². The number of fused-ring (bicyclic) bond motifs is 4. The molecule has 6 rings (SSSR count). The first-order valence-corrected chi connectivity index (χ1v) is 15.2. The molecule has 2 aromatic heterocycles. The van der Waals surface area contributed by atoms with Gasteiger partial charge in [-0.25, -0.2) is 19.9 Å². The summed E-state index contributed by atoms with van der Waals surface area (Å²) in [5, 5.41) is 6.29. The van der Waals surface area contributed by atoms with Crippen LogP contribution in [-0.4, -0.2) is 70.2 Å². The molecule has 4 aromatic carbocycles. The highest BCUT2D eigenvalue weighted by Crippen LogP contribution is 2.25. The van der Waals surface area contributed by atoms with Crippen molar-refractivity contribution in [2.75, 3.05) is 21.3 Å². The fraction of sp³-hybridized carbons (Fsp3) is 0.257. The Labute approximate surface area is 266 Å². The number of hydrogen-bond acceptors (Lipinski definition) is 9. The third kappa shape index (κ3) is 5.84. The van der Waals surface area contributed by atoms with Crippen molar-refractivity contribution < 1.29 is 19.1 Å². The molecule has 46 heavy (non-hydrogen) atoms. The van der Waals surface area contributed by atoms with Crippen LogP contribution in [0.5, 0.6) is 11.5 Å². The second-order valence-corrected chi connectivity index (χ2v) is 11.0. The summed E-state index contributed by atoms with van der Waals surface area (Å²) in [5.74, 6) is 0.815. The van der Waals surface area contributed by atoms with Gasteiger partial charge in [0.25, 0.3) is 11.8 Å². The lowest BCUT2D eigenvalue weighted by molar-refractivity contribution is 0.0701. The smallest absolute Gasteiger partial charge is 0.254 e. The minimum atomic E-state index is -0.378. The largest absolute Gasteiger partial charge is 0.497 e. The van der Waals surface area contributed by atoms with Crippen LogP contribution in [0.15, 0.2) is 72.8 Å². The van der Waals surface area contributed by atoms with Gasteiger partial charge in [-0.05, 0) is 68.4 Å². The van der Waals surface area contributed by atoms with E-state index in [0.29, 0.717) is 79.6 Å². The van der Waals surface area contributed by atoms with Crippen molar-refractivity contribution in [3.8, 4) is 11.5 Å². The lowest BCUT2D eigenvalue weighted by atomic mass is 10.1. The molecular formula is C35H35N7O4. The van der Waals surface area contributed by atoms with E-state index in [0.717, 1.165) is 0 Å². The number of methoxy groups -OCH3 is 2. The van der Waals surface area contributed by atoms with Gasteiger partial charge in [-0.1, -0.05) is 26.0 Å². The number of benzene rings is 4. The van der Waals surface area contributed by atoms with Crippen molar-refractivity contribution in [1.29, 1.82) is 0 Å². The third-order valence-electron chi connectivity index (χ3n) is 8.18. The predicted octanol–water partition coefficient (Wildman–Crippen LogP) is 5.46. The minimum Gasteiger partial charge on any atom is -0.497 e. The highest BCUT2D eigenvalue weighted by Gasteiger charge is 2.26.